The maximum absolute atomic E-state index is 5.49. The Morgan fingerprint density at radius 3 is 2.06 bits per heavy atom. The number of thiocarbonyl (C=S) groups is 1. The minimum Gasteiger partial charge on any atom is -0.0788 e. The van der Waals surface area contributed by atoms with Gasteiger partial charge < -0.3 is 0 Å². The van der Waals surface area contributed by atoms with Crippen LogP contribution < -0.4 is 0 Å². The number of hydrogen-bond donors (Lipinski definition) is 0. The molecule has 2 rings (SSSR count). The summed E-state index contributed by atoms with van der Waals surface area (Å²) < 4.78 is 0. The number of aryl methyl sites for hydroxylation is 1. The van der Waals surface area contributed by atoms with Crippen molar-refractivity contribution in [1.29, 1.82) is 0 Å². The maximum Gasteiger partial charge on any atom is 0.0521 e. The van der Waals surface area contributed by atoms with E-state index in [9.17, 15) is 0 Å². The molecule has 0 atom stereocenters. The largest absolute Gasteiger partial charge is 0.0788 e. The Bertz CT molecular complexity index is 483. The van der Waals surface area contributed by atoms with Crippen molar-refractivity contribution in [2.45, 2.75) is 19.8 Å². The molecule has 0 radical (unpaired) electrons. The van der Waals surface area contributed by atoms with Crippen molar-refractivity contribution in [3.8, 4) is 0 Å². The summed E-state index contributed by atoms with van der Waals surface area (Å²) in [7, 11) is 0. The lowest BCUT2D eigenvalue weighted by atomic mass is 10.0. The highest BCUT2D eigenvalue weighted by Gasteiger charge is 2.03. The van der Waals surface area contributed by atoms with Crippen LogP contribution in [0.3, 0.4) is 0 Å². The lowest BCUT2D eigenvalue weighted by Crippen LogP contribution is -1.99. The van der Waals surface area contributed by atoms with Crippen molar-refractivity contribution in [2.75, 3.05) is 0 Å². The second-order valence-corrected chi connectivity index (χ2v) is 4.55. The molecule has 0 aliphatic rings. The molecule has 0 N–H and O–H groups in total. The highest BCUT2D eigenvalue weighted by Crippen LogP contribution is 2.13. The molecule has 0 nitrogen and oxygen atoms in total. The molecular weight excluding hydrogens is 224 g/mol. The summed E-state index contributed by atoms with van der Waals surface area (Å²) >= 11 is 5.49. The molecule has 0 spiro atoms. The monoisotopic (exact) mass is 240 g/mol. The average molecular weight is 240 g/mol. The summed E-state index contributed by atoms with van der Waals surface area (Å²) in [6.45, 7) is 2.20. The van der Waals surface area contributed by atoms with E-state index >= 15 is 0 Å². The molecule has 1 heteroatoms. The lowest BCUT2D eigenvalue weighted by molar-refractivity contribution is 0.922. The summed E-state index contributed by atoms with van der Waals surface area (Å²) in [5.74, 6) is 0. The van der Waals surface area contributed by atoms with E-state index in [1.807, 2.05) is 18.2 Å². The molecule has 0 fully saturated rings. The Balaban J connectivity index is 2.20. The fourth-order valence-corrected chi connectivity index (χ4v) is 2.14. The van der Waals surface area contributed by atoms with Crippen LogP contribution in [0.25, 0.3) is 0 Å². The van der Waals surface area contributed by atoms with E-state index in [4.69, 9.17) is 12.2 Å². The van der Waals surface area contributed by atoms with Crippen LogP contribution in [-0.4, -0.2) is 4.86 Å². The first-order valence-electron chi connectivity index (χ1n) is 6.00. The van der Waals surface area contributed by atoms with Crippen LogP contribution in [0, 0.1) is 0 Å². The second kappa shape index (κ2) is 5.74. The number of rotatable bonds is 4. The van der Waals surface area contributed by atoms with Crippen LogP contribution in [0.1, 0.15) is 30.0 Å². The standard InChI is InChI=1S/C16H16S/c1-2-6-13-9-11-15(12-10-13)16(17)14-7-4-3-5-8-14/h3-5,7-12H,2,6H2,1H3. The van der Waals surface area contributed by atoms with Gasteiger partial charge in [0.25, 0.3) is 0 Å². The van der Waals surface area contributed by atoms with Gasteiger partial charge in [0.05, 0.1) is 4.86 Å². The van der Waals surface area contributed by atoms with Crippen LogP contribution in [0.5, 0.6) is 0 Å². The zero-order valence-electron chi connectivity index (χ0n) is 10.0. The molecule has 0 unspecified atom stereocenters. The molecule has 0 saturated heterocycles. The fourth-order valence-electron chi connectivity index (χ4n) is 1.87. The van der Waals surface area contributed by atoms with Gasteiger partial charge in [0.1, 0.15) is 0 Å². The molecule has 2 aromatic rings. The number of hydrogen-bond acceptors (Lipinski definition) is 1. The van der Waals surface area contributed by atoms with E-state index in [2.05, 4.69) is 43.3 Å². The quantitative estimate of drug-likeness (QED) is 0.563. The van der Waals surface area contributed by atoms with E-state index in [1.165, 1.54) is 12.0 Å². The Morgan fingerprint density at radius 2 is 1.47 bits per heavy atom. The summed E-state index contributed by atoms with van der Waals surface area (Å²) in [4.78, 5) is 0.925. The lowest BCUT2D eigenvalue weighted by Gasteiger charge is -2.05. The molecular formula is C16H16S. The van der Waals surface area contributed by atoms with Gasteiger partial charge in [-0.2, -0.15) is 0 Å². The zero-order valence-corrected chi connectivity index (χ0v) is 10.8. The third-order valence-electron chi connectivity index (χ3n) is 2.79. The number of benzene rings is 2. The summed E-state index contributed by atoms with van der Waals surface area (Å²) in [5, 5.41) is 0. The van der Waals surface area contributed by atoms with Gasteiger partial charge in [-0.25, -0.2) is 0 Å². The first-order valence-corrected chi connectivity index (χ1v) is 6.41. The predicted octanol–water partition coefficient (Wildman–Crippen LogP) is 4.41. The van der Waals surface area contributed by atoms with Gasteiger partial charge in [-0.3, -0.25) is 0 Å². The fraction of sp³-hybridized carbons (Fsp3) is 0.188. The van der Waals surface area contributed by atoms with Crippen molar-refractivity contribution in [1.82, 2.24) is 0 Å². The van der Waals surface area contributed by atoms with Crippen LogP contribution in [0.15, 0.2) is 54.6 Å². The van der Waals surface area contributed by atoms with Gasteiger partial charge in [-0.05, 0) is 23.1 Å². The Labute approximate surface area is 108 Å². The highest BCUT2D eigenvalue weighted by molar-refractivity contribution is 7.81. The molecule has 0 aromatic heterocycles. The van der Waals surface area contributed by atoms with E-state index < -0.39 is 0 Å². The Morgan fingerprint density at radius 1 is 0.882 bits per heavy atom. The Kier molecular flexibility index (Phi) is 4.05. The molecule has 0 aliphatic carbocycles. The summed E-state index contributed by atoms with van der Waals surface area (Å²) in [6, 6.07) is 18.8. The van der Waals surface area contributed by atoms with E-state index in [0.717, 1.165) is 22.4 Å². The van der Waals surface area contributed by atoms with Gasteiger partial charge in [0.2, 0.25) is 0 Å². The predicted molar refractivity (Wildman–Crippen MR) is 77.7 cm³/mol. The SMILES string of the molecule is CCCc1ccc(C(=S)c2ccccc2)cc1. The summed E-state index contributed by atoms with van der Waals surface area (Å²) in [6.07, 6.45) is 2.32. The van der Waals surface area contributed by atoms with Gasteiger partial charge in [-0.1, -0.05) is 80.2 Å². The molecule has 0 heterocycles. The smallest absolute Gasteiger partial charge is 0.0521 e. The molecule has 0 saturated carbocycles. The Hall–Kier alpha value is -1.47. The van der Waals surface area contributed by atoms with E-state index in [-0.39, 0.29) is 0 Å². The minimum absolute atomic E-state index is 0.925. The van der Waals surface area contributed by atoms with Crippen LogP contribution in [0.4, 0.5) is 0 Å². The van der Waals surface area contributed by atoms with Crippen LogP contribution >= 0.6 is 12.2 Å². The maximum atomic E-state index is 5.49. The molecule has 17 heavy (non-hydrogen) atoms. The molecule has 0 bridgehead atoms. The van der Waals surface area contributed by atoms with Crippen LogP contribution in [0.2, 0.25) is 0 Å². The zero-order chi connectivity index (χ0) is 12.1. The molecule has 0 amide bonds. The van der Waals surface area contributed by atoms with Crippen LogP contribution in [-0.2, 0) is 6.42 Å². The van der Waals surface area contributed by atoms with E-state index in [1.54, 1.807) is 0 Å². The molecule has 0 aliphatic heterocycles. The normalized spacial score (nSPS) is 10.2. The summed E-state index contributed by atoms with van der Waals surface area (Å²) in [5.41, 5.74) is 3.63. The van der Waals surface area contributed by atoms with Crippen molar-refractivity contribution in [2.24, 2.45) is 0 Å². The van der Waals surface area contributed by atoms with Crippen molar-refractivity contribution < 1.29 is 0 Å². The third kappa shape index (κ3) is 3.01. The van der Waals surface area contributed by atoms with Gasteiger partial charge in [0.15, 0.2) is 0 Å². The van der Waals surface area contributed by atoms with Gasteiger partial charge >= 0.3 is 0 Å². The average Bonchev–Trinajstić information content (AvgIpc) is 2.40. The van der Waals surface area contributed by atoms with Crippen molar-refractivity contribution in [3.63, 3.8) is 0 Å². The highest BCUT2D eigenvalue weighted by atomic mass is 32.1. The van der Waals surface area contributed by atoms with E-state index in [0.29, 0.717) is 0 Å². The molecule has 2 aromatic carbocycles. The van der Waals surface area contributed by atoms with Gasteiger partial charge in [0, 0.05) is 0 Å². The van der Waals surface area contributed by atoms with Gasteiger partial charge in [-0.15, -0.1) is 0 Å². The first kappa shape index (κ1) is 12.0. The van der Waals surface area contributed by atoms with Crippen molar-refractivity contribution in [3.05, 3.63) is 71.3 Å². The topological polar surface area (TPSA) is 0 Å². The van der Waals surface area contributed by atoms with Crippen molar-refractivity contribution >= 4 is 17.1 Å². The third-order valence-corrected chi connectivity index (χ3v) is 3.26. The second-order valence-electron chi connectivity index (χ2n) is 4.14. The first-order chi connectivity index (χ1) is 8.31. The molecule has 86 valence electrons. The minimum atomic E-state index is 0.925.